The van der Waals surface area contributed by atoms with Gasteiger partial charge in [-0.2, -0.15) is 0 Å². The minimum Gasteiger partial charge on any atom is -0.497 e. The van der Waals surface area contributed by atoms with E-state index in [-0.39, 0.29) is 0 Å². The van der Waals surface area contributed by atoms with Gasteiger partial charge < -0.3 is 14.2 Å². The lowest BCUT2D eigenvalue weighted by Crippen LogP contribution is -1.95. The maximum absolute atomic E-state index is 5.18. The molecule has 0 aliphatic carbocycles. The van der Waals surface area contributed by atoms with Gasteiger partial charge in [0.15, 0.2) is 0 Å². The monoisotopic (exact) mass is 194 g/mol. The average molecular weight is 194 g/mol. The number of hydrogen-bond acceptors (Lipinski definition) is 3. The van der Waals surface area contributed by atoms with Crippen LogP contribution in [0.25, 0.3) is 0 Å². The van der Waals surface area contributed by atoms with Gasteiger partial charge >= 0.3 is 0 Å². The highest BCUT2D eigenvalue weighted by atomic mass is 16.6. The average Bonchev–Trinajstić information content (AvgIpc) is 3.01. The molecule has 1 atom stereocenters. The van der Waals surface area contributed by atoms with Gasteiger partial charge in [-0.25, -0.2) is 0 Å². The molecule has 1 saturated heterocycles. The first-order valence-electron chi connectivity index (χ1n) is 4.65. The van der Waals surface area contributed by atoms with E-state index in [4.69, 9.17) is 14.2 Å². The van der Waals surface area contributed by atoms with Gasteiger partial charge in [-0.1, -0.05) is 0 Å². The number of epoxide rings is 1. The molecular weight excluding hydrogens is 180 g/mol. The number of benzene rings is 1. The standard InChI is InChI=1S/C11H14O3/c1-12-9-3-8(5-11-7-14-11)4-10(6-9)13-2/h3-4,6,11H,5,7H2,1-2H3. The molecule has 1 aliphatic heterocycles. The lowest BCUT2D eigenvalue weighted by molar-refractivity contribution is 0.390. The van der Waals surface area contributed by atoms with E-state index >= 15 is 0 Å². The Hall–Kier alpha value is -1.22. The smallest absolute Gasteiger partial charge is 0.122 e. The van der Waals surface area contributed by atoms with Gasteiger partial charge in [-0.3, -0.25) is 0 Å². The Morgan fingerprint density at radius 1 is 1.21 bits per heavy atom. The molecule has 0 spiro atoms. The summed E-state index contributed by atoms with van der Waals surface area (Å²) in [6.07, 6.45) is 1.33. The minimum atomic E-state index is 0.395. The predicted molar refractivity (Wildman–Crippen MR) is 53.0 cm³/mol. The zero-order chi connectivity index (χ0) is 9.97. The van der Waals surface area contributed by atoms with Gasteiger partial charge in [0.2, 0.25) is 0 Å². The Morgan fingerprint density at radius 2 is 1.79 bits per heavy atom. The fraction of sp³-hybridized carbons (Fsp3) is 0.455. The zero-order valence-electron chi connectivity index (χ0n) is 8.45. The lowest BCUT2D eigenvalue weighted by atomic mass is 10.1. The van der Waals surface area contributed by atoms with Crippen LogP contribution in [0.5, 0.6) is 11.5 Å². The summed E-state index contributed by atoms with van der Waals surface area (Å²) in [5.74, 6) is 1.67. The Morgan fingerprint density at radius 3 is 2.21 bits per heavy atom. The fourth-order valence-electron chi connectivity index (χ4n) is 1.43. The molecule has 1 aromatic carbocycles. The van der Waals surface area contributed by atoms with Crippen molar-refractivity contribution in [3.8, 4) is 11.5 Å². The summed E-state index contributed by atoms with van der Waals surface area (Å²) in [5, 5.41) is 0. The molecule has 0 saturated carbocycles. The van der Waals surface area contributed by atoms with Gasteiger partial charge in [-0.15, -0.1) is 0 Å². The summed E-state index contributed by atoms with van der Waals surface area (Å²) in [7, 11) is 3.32. The number of hydrogen-bond donors (Lipinski definition) is 0. The Balaban J connectivity index is 2.19. The van der Waals surface area contributed by atoms with Gasteiger partial charge in [0.05, 0.1) is 26.9 Å². The molecule has 1 heterocycles. The first-order valence-corrected chi connectivity index (χ1v) is 4.65. The second-order valence-corrected chi connectivity index (χ2v) is 3.38. The molecule has 3 heteroatoms. The van der Waals surface area contributed by atoms with Crippen LogP contribution in [0, 0.1) is 0 Å². The van der Waals surface area contributed by atoms with E-state index in [2.05, 4.69) is 0 Å². The van der Waals surface area contributed by atoms with Crippen molar-refractivity contribution in [2.75, 3.05) is 20.8 Å². The van der Waals surface area contributed by atoms with Crippen molar-refractivity contribution >= 4 is 0 Å². The van der Waals surface area contributed by atoms with Gasteiger partial charge in [0.1, 0.15) is 11.5 Å². The van der Waals surface area contributed by atoms with Crippen LogP contribution >= 0.6 is 0 Å². The molecule has 1 fully saturated rings. The maximum atomic E-state index is 5.18. The third kappa shape index (κ3) is 2.17. The van der Waals surface area contributed by atoms with Gasteiger partial charge in [0, 0.05) is 12.5 Å². The molecule has 0 N–H and O–H groups in total. The Labute approximate surface area is 83.6 Å². The van der Waals surface area contributed by atoms with E-state index in [1.807, 2.05) is 18.2 Å². The van der Waals surface area contributed by atoms with Crippen molar-refractivity contribution in [2.45, 2.75) is 12.5 Å². The van der Waals surface area contributed by atoms with Crippen molar-refractivity contribution in [1.82, 2.24) is 0 Å². The first kappa shape index (κ1) is 9.34. The van der Waals surface area contributed by atoms with Crippen molar-refractivity contribution in [3.63, 3.8) is 0 Å². The number of rotatable bonds is 4. The van der Waals surface area contributed by atoms with Crippen LogP contribution in [-0.4, -0.2) is 26.9 Å². The second kappa shape index (κ2) is 3.88. The summed E-state index contributed by atoms with van der Waals surface area (Å²) >= 11 is 0. The van der Waals surface area contributed by atoms with Crippen molar-refractivity contribution in [1.29, 1.82) is 0 Å². The minimum absolute atomic E-state index is 0.395. The van der Waals surface area contributed by atoms with E-state index in [1.165, 1.54) is 5.56 Å². The summed E-state index contributed by atoms with van der Waals surface area (Å²) in [6, 6.07) is 5.91. The molecule has 2 rings (SSSR count). The largest absolute Gasteiger partial charge is 0.497 e. The van der Waals surface area contributed by atoms with Crippen molar-refractivity contribution in [2.24, 2.45) is 0 Å². The van der Waals surface area contributed by atoms with Gasteiger partial charge in [0.25, 0.3) is 0 Å². The van der Waals surface area contributed by atoms with E-state index in [9.17, 15) is 0 Å². The van der Waals surface area contributed by atoms with E-state index in [0.29, 0.717) is 6.10 Å². The topological polar surface area (TPSA) is 31.0 Å². The molecular formula is C11H14O3. The van der Waals surface area contributed by atoms with Crippen LogP contribution in [0.15, 0.2) is 18.2 Å². The molecule has 76 valence electrons. The third-order valence-corrected chi connectivity index (χ3v) is 2.28. The maximum Gasteiger partial charge on any atom is 0.122 e. The van der Waals surface area contributed by atoms with Crippen LogP contribution < -0.4 is 9.47 Å². The summed E-state index contributed by atoms with van der Waals surface area (Å²) in [4.78, 5) is 0. The van der Waals surface area contributed by atoms with E-state index in [0.717, 1.165) is 24.5 Å². The van der Waals surface area contributed by atoms with Crippen LogP contribution in [-0.2, 0) is 11.2 Å². The van der Waals surface area contributed by atoms with Crippen LogP contribution in [0.2, 0.25) is 0 Å². The lowest BCUT2D eigenvalue weighted by Gasteiger charge is -2.07. The SMILES string of the molecule is COc1cc(CC2CO2)cc(OC)c1. The summed E-state index contributed by atoms with van der Waals surface area (Å²) in [6.45, 7) is 0.875. The molecule has 14 heavy (non-hydrogen) atoms. The fourth-order valence-corrected chi connectivity index (χ4v) is 1.43. The molecule has 3 nitrogen and oxygen atoms in total. The molecule has 0 bridgehead atoms. The number of ether oxygens (including phenoxy) is 3. The van der Waals surface area contributed by atoms with E-state index < -0.39 is 0 Å². The highest BCUT2D eigenvalue weighted by molar-refractivity contribution is 5.38. The Bertz CT molecular complexity index is 296. The predicted octanol–water partition coefficient (Wildman–Crippen LogP) is 1.65. The van der Waals surface area contributed by atoms with Crippen molar-refractivity contribution < 1.29 is 14.2 Å². The third-order valence-electron chi connectivity index (χ3n) is 2.28. The molecule has 1 aliphatic rings. The molecule has 0 amide bonds. The molecule has 1 unspecified atom stereocenters. The quantitative estimate of drug-likeness (QED) is 0.683. The van der Waals surface area contributed by atoms with E-state index in [1.54, 1.807) is 14.2 Å². The molecule has 0 radical (unpaired) electrons. The highest BCUT2D eigenvalue weighted by Gasteiger charge is 2.22. The second-order valence-electron chi connectivity index (χ2n) is 3.38. The summed E-state index contributed by atoms with van der Waals surface area (Å²) < 4.78 is 15.5. The highest BCUT2D eigenvalue weighted by Crippen LogP contribution is 2.25. The normalized spacial score (nSPS) is 19.1. The first-order chi connectivity index (χ1) is 6.81. The molecule has 0 aromatic heterocycles. The number of methoxy groups -OCH3 is 2. The zero-order valence-corrected chi connectivity index (χ0v) is 8.45. The van der Waals surface area contributed by atoms with Crippen LogP contribution in [0.3, 0.4) is 0 Å². The van der Waals surface area contributed by atoms with Gasteiger partial charge in [-0.05, 0) is 17.7 Å². The van der Waals surface area contributed by atoms with Crippen molar-refractivity contribution in [3.05, 3.63) is 23.8 Å². The summed E-state index contributed by atoms with van der Waals surface area (Å²) in [5.41, 5.74) is 1.20. The van der Waals surface area contributed by atoms with Crippen LogP contribution in [0.4, 0.5) is 0 Å². The molecule has 1 aromatic rings. The Kier molecular flexibility index (Phi) is 2.59. The van der Waals surface area contributed by atoms with Crippen LogP contribution in [0.1, 0.15) is 5.56 Å².